The molecule has 2 aliphatic rings. The fraction of sp³-hybridized carbons (Fsp3) is 0.562. The van der Waals surface area contributed by atoms with E-state index in [2.05, 4.69) is 0 Å². The van der Waals surface area contributed by atoms with Gasteiger partial charge in [0.2, 0.25) is 5.91 Å². The lowest BCUT2D eigenvalue weighted by molar-refractivity contribution is -0.124. The van der Waals surface area contributed by atoms with E-state index in [-0.39, 0.29) is 0 Å². The molecule has 2 fully saturated rings. The number of amides is 1. The smallest absolute Gasteiger partial charge is 0.282 e. The highest BCUT2D eigenvalue weighted by atomic mass is 32.2. The van der Waals surface area contributed by atoms with Crippen molar-refractivity contribution in [3.8, 4) is 0 Å². The molecule has 0 aliphatic carbocycles. The van der Waals surface area contributed by atoms with Gasteiger partial charge in [0.1, 0.15) is 6.04 Å². The second-order valence-electron chi connectivity index (χ2n) is 6.26. The highest BCUT2D eigenvalue weighted by Gasteiger charge is 2.36. The molecule has 2 aliphatic heterocycles. The molecule has 0 unspecified atom stereocenters. The van der Waals surface area contributed by atoms with E-state index in [1.54, 1.807) is 4.31 Å². The van der Waals surface area contributed by atoms with Crippen molar-refractivity contribution >= 4 is 16.1 Å². The zero-order valence-electron chi connectivity index (χ0n) is 13.7. The number of hydrogen-bond acceptors (Lipinski definition) is 4. The SMILES string of the molecule is NC(=O)[C@H](c1ccccc1)N1CCN(S(=O)(=O)N2CCCC2)CC1. The van der Waals surface area contributed by atoms with Gasteiger partial charge in [0.25, 0.3) is 10.2 Å². The first-order valence-electron chi connectivity index (χ1n) is 8.33. The molecule has 1 aromatic rings. The monoisotopic (exact) mass is 352 g/mol. The third-order valence-electron chi connectivity index (χ3n) is 4.74. The first-order valence-corrected chi connectivity index (χ1v) is 9.73. The van der Waals surface area contributed by atoms with E-state index in [0.717, 1.165) is 18.4 Å². The van der Waals surface area contributed by atoms with Crippen molar-refractivity contribution in [1.82, 2.24) is 13.5 Å². The van der Waals surface area contributed by atoms with Crippen LogP contribution in [0.3, 0.4) is 0 Å². The average molecular weight is 352 g/mol. The number of carbonyl (C=O) groups excluding carboxylic acids is 1. The normalized spacial score (nSPS) is 22.5. The number of benzene rings is 1. The van der Waals surface area contributed by atoms with Crippen LogP contribution in [0, 0.1) is 0 Å². The minimum Gasteiger partial charge on any atom is -0.368 e. The van der Waals surface area contributed by atoms with Crippen molar-refractivity contribution in [1.29, 1.82) is 0 Å². The summed E-state index contributed by atoms with van der Waals surface area (Å²) in [6.45, 7) is 2.98. The number of hydrogen-bond donors (Lipinski definition) is 1. The Morgan fingerprint density at radius 1 is 0.917 bits per heavy atom. The maximum absolute atomic E-state index is 12.6. The van der Waals surface area contributed by atoms with Crippen LogP contribution in [0.1, 0.15) is 24.4 Å². The van der Waals surface area contributed by atoms with E-state index in [0.29, 0.717) is 39.3 Å². The summed E-state index contributed by atoms with van der Waals surface area (Å²) in [7, 11) is -3.37. The van der Waals surface area contributed by atoms with Gasteiger partial charge in [-0.15, -0.1) is 0 Å². The van der Waals surface area contributed by atoms with Crippen LogP contribution in [0.4, 0.5) is 0 Å². The number of nitrogens with two attached hydrogens (primary N) is 1. The Hall–Kier alpha value is -1.48. The van der Waals surface area contributed by atoms with Crippen LogP contribution in [0.15, 0.2) is 30.3 Å². The molecule has 0 saturated carbocycles. The van der Waals surface area contributed by atoms with Crippen molar-refractivity contribution < 1.29 is 13.2 Å². The van der Waals surface area contributed by atoms with E-state index in [4.69, 9.17) is 5.73 Å². The molecule has 0 bridgehead atoms. The van der Waals surface area contributed by atoms with Gasteiger partial charge in [-0.05, 0) is 18.4 Å². The predicted octanol–water partition coefficient (Wildman–Crippen LogP) is 0.171. The van der Waals surface area contributed by atoms with Crippen molar-refractivity contribution in [3.05, 3.63) is 35.9 Å². The van der Waals surface area contributed by atoms with Gasteiger partial charge in [0.05, 0.1) is 0 Å². The summed E-state index contributed by atoms with van der Waals surface area (Å²) in [5.74, 6) is -0.406. The minimum absolute atomic E-state index is 0.384. The molecule has 7 nitrogen and oxygen atoms in total. The molecule has 0 radical (unpaired) electrons. The number of rotatable bonds is 5. The van der Waals surface area contributed by atoms with Gasteiger partial charge in [-0.25, -0.2) is 0 Å². The van der Waals surface area contributed by atoms with Crippen LogP contribution in [0.25, 0.3) is 0 Å². The fourth-order valence-electron chi connectivity index (χ4n) is 3.46. The van der Waals surface area contributed by atoms with E-state index in [1.165, 1.54) is 4.31 Å². The Bertz CT molecular complexity index is 666. The van der Waals surface area contributed by atoms with Gasteiger partial charge in [0, 0.05) is 39.3 Å². The van der Waals surface area contributed by atoms with Gasteiger partial charge in [-0.3, -0.25) is 9.69 Å². The Balaban J connectivity index is 1.68. The van der Waals surface area contributed by atoms with Gasteiger partial charge in [0.15, 0.2) is 0 Å². The van der Waals surface area contributed by atoms with Crippen molar-refractivity contribution in [2.75, 3.05) is 39.3 Å². The quantitative estimate of drug-likeness (QED) is 0.818. The van der Waals surface area contributed by atoms with Crippen molar-refractivity contribution in [2.45, 2.75) is 18.9 Å². The first kappa shape index (κ1) is 17.3. The molecular formula is C16H24N4O3S. The van der Waals surface area contributed by atoms with Crippen LogP contribution < -0.4 is 5.73 Å². The second kappa shape index (κ2) is 7.18. The summed E-state index contributed by atoms with van der Waals surface area (Å²) in [6.07, 6.45) is 1.86. The third kappa shape index (κ3) is 3.46. The largest absolute Gasteiger partial charge is 0.368 e. The Kier molecular flexibility index (Phi) is 5.19. The van der Waals surface area contributed by atoms with Gasteiger partial charge >= 0.3 is 0 Å². The molecule has 1 aromatic carbocycles. The number of primary amides is 1. The van der Waals surface area contributed by atoms with Crippen LogP contribution in [-0.2, 0) is 15.0 Å². The Morgan fingerprint density at radius 3 is 2.00 bits per heavy atom. The molecule has 2 N–H and O–H groups in total. The van der Waals surface area contributed by atoms with Gasteiger partial charge < -0.3 is 5.73 Å². The van der Waals surface area contributed by atoms with E-state index >= 15 is 0 Å². The molecule has 0 aromatic heterocycles. The molecule has 2 heterocycles. The maximum atomic E-state index is 12.6. The fourth-order valence-corrected chi connectivity index (χ4v) is 5.14. The molecule has 0 spiro atoms. The molecular weight excluding hydrogens is 328 g/mol. The van der Waals surface area contributed by atoms with Crippen LogP contribution in [-0.4, -0.2) is 67.1 Å². The minimum atomic E-state index is -3.37. The standard InChI is InChI=1S/C16H24N4O3S/c17-16(21)15(14-6-2-1-3-7-14)18-10-12-20(13-11-18)24(22,23)19-8-4-5-9-19/h1-3,6-7,15H,4-5,8-13H2,(H2,17,21)/t15-/m0/s1. The number of piperazine rings is 1. The van der Waals surface area contributed by atoms with E-state index in [1.807, 2.05) is 35.2 Å². The zero-order valence-corrected chi connectivity index (χ0v) is 14.5. The molecule has 2 saturated heterocycles. The summed E-state index contributed by atoms with van der Waals surface area (Å²) in [5, 5.41) is 0. The number of carbonyl (C=O) groups is 1. The molecule has 8 heteroatoms. The molecule has 24 heavy (non-hydrogen) atoms. The lowest BCUT2D eigenvalue weighted by Gasteiger charge is -2.38. The van der Waals surface area contributed by atoms with Crippen LogP contribution >= 0.6 is 0 Å². The lowest BCUT2D eigenvalue weighted by atomic mass is 10.0. The van der Waals surface area contributed by atoms with Crippen LogP contribution in [0.5, 0.6) is 0 Å². The Morgan fingerprint density at radius 2 is 1.46 bits per heavy atom. The van der Waals surface area contributed by atoms with Crippen LogP contribution in [0.2, 0.25) is 0 Å². The van der Waals surface area contributed by atoms with Crippen molar-refractivity contribution in [3.63, 3.8) is 0 Å². The van der Waals surface area contributed by atoms with Gasteiger partial charge in [-0.1, -0.05) is 30.3 Å². The van der Waals surface area contributed by atoms with E-state index in [9.17, 15) is 13.2 Å². The topological polar surface area (TPSA) is 87.0 Å². The molecule has 132 valence electrons. The highest BCUT2D eigenvalue weighted by Crippen LogP contribution is 2.24. The highest BCUT2D eigenvalue weighted by molar-refractivity contribution is 7.86. The summed E-state index contributed by atoms with van der Waals surface area (Å²) < 4.78 is 28.3. The average Bonchev–Trinajstić information content (AvgIpc) is 3.11. The van der Waals surface area contributed by atoms with Crippen molar-refractivity contribution in [2.24, 2.45) is 5.73 Å². The second-order valence-corrected chi connectivity index (χ2v) is 8.19. The molecule has 1 amide bonds. The Labute approximate surface area is 143 Å². The molecule has 3 rings (SSSR count). The predicted molar refractivity (Wildman–Crippen MR) is 91.3 cm³/mol. The van der Waals surface area contributed by atoms with E-state index < -0.39 is 22.2 Å². The summed E-state index contributed by atoms with van der Waals surface area (Å²) in [5.41, 5.74) is 6.45. The van der Waals surface area contributed by atoms with Gasteiger partial charge in [-0.2, -0.15) is 17.0 Å². The first-order chi connectivity index (χ1) is 11.5. The number of nitrogens with zero attached hydrogens (tertiary/aromatic N) is 3. The molecule has 1 atom stereocenters. The third-order valence-corrected chi connectivity index (χ3v) is 6.78. The zero-order chi connectivity index (χ0) is 17.2. The summed E-state index contributed by atoms with van der Waals surface area (Å²) >= 11 is 0. The summed E-state index contributed by atoms with van der Waals surface area (Å²) in [6, 6.07) is 8.88. The lowest BCUT2D eigenvalue weighted by Crippen LogP contribution is -2.54. The summed E-state index contributed by atoms with van der Waals surface area (Å²) in [4.78, 5) is 13.9. The maximum Gasteiger partial charge on any atom is 0.282 e.